The molecule has 0 spiro atoms. The highest BCUT2D eigenvalue weighted by Crippen LogP contribution is 2.08. The molecule has 2 rings (SSSR count). The third kappa shape index (κ3) is 3.68. The van der Waals surface area contributed by atoms with Crippen LogP contribution in [0.1, 0.15) is 33.0 Å². The van der Waals surface area contributed by atoms with E-state index in [4.69, 9.17) is 5.11 Å². The SMILES string of the molecule is CN(CCCc1ccccc1)C(=O)c1nc[nH]c1C(=O)O. The van der Waals surface area contributed by atoms with Gasteiger partial charge in [0, 0.05) is 13.6 Å². The fraction of sp³-hybridized carbons (Fsp3) is 0.267. The molecule has 2 aromatic rings. The third-order valence-corrected chi connectivity index (χ3v) is 3.20. The molecule has 110 valence electrons. The van der Waals surface area contributed by atoms with Gasteiger partial charge in [0.1, 0.15) is 0 Å². The van der Waals surface area contributed by atoms with E-state index >= 15 is 0 Å². The van der Waals surface area contributed by atoms with E-state index < -0.39 is 5.97 Å². The van der Waals surface area contributed by atoms with Crippen LogP contribution in [0, 0.1) is 0 Å². The minimum atomic E-state index is -1.19. The summed E-state index contributed by atoms with van der Waals surface area (Å²) in [5.74, 6) is -1.57. The molecule has 2 N–H and O–H groups in total. The molecule has 0 unspecified atom stereocenters. The highest BCUT2D eigenvalue weighted by Gasteiger charge is 2.22. The number of carboxylic acids is 1. The molecule has 0 radical (unpaired) electrons. The molecule has 0 aliphatic heterocycles. The maximum absolute atomic E-state index is 12.2. The first-order chi connectivity index (χ1) is 10.1. The molecule has 0 aliphatic rings. The van der Waals surface area contributed by atoms with Crippen LogP contribution >= 0.6 is 0 Å². The van der Waals surface area contributed by atoms with Gasteiger partial charge in [-0.1, -0.05) is 30.3 Å². The number of hydrogen-bond donors (Lipinski definition) is 2. The number of aryl methyl sites for hydroxylation is 1. The summed E-state index contributed by atoms with van der Waals surface area (Å²) in [5.41, 5.74) is 0.990. The number of nitrogens with one attached hydrogen (secondary N) is 1. The van der Waals surface area contributed by atoms with Crippen LogP contribution in [0.5, 0.6) is 0 Å². The van der Waals surface area contributed by atoms with Gasteiger partial charge < -0.3 is 15.0 Å². The molecule has 0 fully saturated rings. The van der Waals surface area contributed by atoms with E-state index in [1.165, 1.54) is 16.8 Å². The van der Waals surface area contributed by atoms with Gasteiger partial charge >= 0.3 is 5.97 Å². The highest BCUT2D eigenvalue weighted by molar-refractivity contribution is 6.02. The quantitative estimate of drug-likeness (QED) is 0.848. The summed E-state index contributed by atoms with van der Waals surface area (Å²) in [5, 5.41) is 8.97. The second kappa shape index (κ2) is 6.69. The van der Waals surface area contributed by atoms with Crippen molar-refractivity contribution < 1.29 is 14.7 Å². The third-order valence-electron chi connectivity index (χ3n) is 3.20. The zero-order valence-corrected chi connectivity index (χ0v) is 11.7. The second-order valence-electron chi connectivity index (χ2n) is 4.75. The molecule has 0 aliphatic carbocycles. The van der Waals surface area contributed by atoms with Crippen LogP contribution < -0.4 is 0 Å². The lowest BCUT2D eigenvalue weighted by atomic mass is 10.1. The van der Waals surface area contributed by atoms with Crippen LogP contribution in [0.15, 0.2) is 36.7 Å². The molecule has 1 aromatic heterocycles. The van der Waals surface area contributed by atoms with Crippen LogP contribution in [-0.4, -0.2) is 45.4 Å². The van der Waals surface area contributed by atoms with E-state index in [1.54, 1.807) is 7.05 Å². The van der Waals surface area contributed by atoms with Crippen LogP contribution in [-0.2, 0) is 6.42 Å². The van der Waals surface area contributed by atoms with Crippen molar-refractivity contribution in [1.29, 1.82) is 0 Å². The van der Waals surface area contributed by atoms with Crippen molar-refractivity contribution in [3.05, 3.63) is 53.6 Å². The van der Waals surface area contributed by atoms with E-state index in [0.717, 1.165) is 12.8 Å². The molecule has 0 bridgehead atoms. The van der Waals surface area contributed by atoms with E-state index in [0.29, 0.717) is 6.54 Å². The number of hydrogen-bond acceptors (Lipinski definition) is 3. The summed E-state index contributed by atoms with van der Waals surface area (Å²) < 4.78 is 0. The number of carbonyl (C=O) groups excluding carboxylic acids is 1. The summed E-state index contributed by atoms with van der Waals surface area (Å²) in [7, 11) is 1.65. The molecule has 6 heteroatoms. The number of H-pyrrole nitrogens is 1. The Morgan fingerprint density at radius 3 is 2.67 bits per heavy atom. The number of carboxylic acid groups (broad SMARTS) is 1. The van der Waals surface area contributed by atoms with Crippen molar-refractivity contribution in [2.24, 2.45) is 0 Å². The van der Waals surface area contributed by atoms with Gasteiger partial charge in [0.25, 0.3) is 5.91 Å². The summed E-state index contributed by atoms with van der Waals surface area (Å²) in [6, 6.07) is 10.0. The average Bonchev–Trinajstić information content (AvgIpc) is 2.97. The molecular weight excluding hydrogens is 270 g/mol. The maximum Gasteiger partial charge on any atom is 0.354 e. The molecule has 1 amide bonds. The first-order valence-electron chi connectivity index (χ1n) is 6.65. The standard InChI is InChI=1S/C15H17N3O3/c1-18(9-5-8-11-6-3-2-4-7-11)14(19)12-13(15(20)21)17-10-16-12/h2-4,6-7,10H,5,8-9H2,1H3,(H,16,17)(H,20,21). The lowest BCUT2D eigenvalue weighted by molar-refractivity contribution is 0.0675. The number of imidazole rings is 1. The molecule has 21 heavy (non-hydrogen) atoms. The Hall–Kier alpha value is -2.63. The van der Waals surface area contributed by atoms with E-state index in [-0.39, 0.29) is 17.3 Å². The molecule has 1 aromatic carbocycles. The zero-order chi connectivity index (χ0) is 15.2. The lowest BCUT2D eigenvalue weighted by Gasteiger charge is -2.16. The zero-order valence-electron chi connectivity index (χ0n) is 11.7. The Bertz CT molecular complexity index is 622. The highest BCUT2D eigenvalue weighted by atomic mass is 16.4. The Labute approximate surface area is 122 Å². The van der Waals surface area contributed by atoms with Crippen LogP contribution in [0.2, 0.25) is 0 Å². The number of aromatic nitrogens is 2. The molecular formula is C15H17N3O3. The maximum atomic E-state index is 12.2. The number of nitrogens with zero attached hydrogens (tertiary/aromatic N) is 2. The lowest BCUT2D eigenvalue weighted by Crippen LogP contribution is -2.29. The van der Waals surface area contributed by atoms with Crippen molar-refractivity contribution in [1.82, 2.24) is 14.9 Å². The van der Waals surface area contributed by atoms with Gasteiger partial charge in [-0.2, -0.15) is 0 Å². The second-order valence-corrected chi connectivity index (χ2v) is 4.75. The van der Waals surface area contributed by atoms with Gasteiger partial charge in [0.2, 0.25) is 0 Å². The van der Waals surface area contributed by atoms with Crippen molar-refractivity contribution in [3.63, 3.8) is 0 Å². The van der Waals surface area contributed by atoms with Gasteiger partial charge in [0.15, 0.2) is 11.4 Å². The fourth-order valence-electron chi connectivity index (χ4n) is 2.07. The predicted molar refractivity (Wildman–Crippen MR) is 77.3 cm³/mol. The van der Waals surface area contributed by atoms with Gasteiger partial charge in [-0.05, 0) is 18.4 Å². The Balaban J connectivity index is 1.91. The Kier molecular flexibility index (Phi) is 4.71. The van der Waals surface area contributed by atoms with Crippen LogP contribution in [0.25, 0.3) is 0 Å². The fourth-order valence-corrected chi connectivity index (χ4v) is 2.07. The molecule has 1 heterocycles. The van der Waals surface area contributed by atoms with E-state index in [9.17, 15) is 9.59 Å². The number of amides is 1. The number of aromatic carboxylic acids is 1. The molecule has 0 saturated carbocycles. The van der Waals surface area contributed by atoms with Gasteiger partial charge in [-0.15, -0.1) is 0 Å². The summed E-state index contributed by atoms with van der Waals surface area (Å²) in [4.78, 5) is 30.9. The topological polar surface area (TPSA) is 86.3 Å². The van der Waals surface area contributed by atoms with Crippen molar-refractivity contribution in [3.8, 4) is 0 Å². The van der Waals surface area contributed by atoms with Crippen molar-refractivity contribution >= 4 is 11.9 Å². The smallest absolute Gasteiger partial charge is 0.354 e. The molecule has 0 atom stereocenters. The van der Waals surface area contributed by atoms with Crippen LogP contribution in [0.3, 0.4) is 0 Å². The average molecular weight is 287 g/mol. The minimum absolute atomic E-state index is 0.0512. The van der Waals surface area contributed by atoms with Gasteiger partial charge in [-0.3, -0.25) is 4.79 Å². The number of benzene rings is 1. The monoisotopic (exact) mass is 287 g/mol. The molecule has 6 nitrogen and oxygen atoms in total. The van der Waals surface area contributed by atoms with Gasteiger partial charge in [-0.25, -0.2) is 9.78 Å². The summed E-state index contributed by atoms with van der Waals surface area (Å²) in [6.07, 6.45) is 2.89. The first kappa shape index (κ1) is 14.8. The predicted octanol–water partition coefficient (Wildman–Crippen LogP) is 1.81. The number of aromatic amines is 1. The Morgan fingerprint density at radius 2 is 2.00 bits per heavy atom. The minimum Gasteiger partial charge on any atom is -0.477 e. The first-order valence-corrected chi connectivity index (χ1v) is 6.65. The van der Waals surface area contributed by atoms with Gasteiger partial charge in [0.05, 0.1) is 6.33 Å². The molecule has 0 saturated heterocycles. The van der Waals surface area contributed by atoms with Crippen molar-refractivity contribution in [2.45, 2.75) is 12.8 Å². The number of rotatable bonds is 6. The van der Waals surface area contributed by atoms with Crippen LogP contribution in [0.4, 0.5) is 0 Å². The summed E-state index contributed by atoms with van der Waals surface area (Å²) in [6.45, 7) is 0.541. The number of carbonyl (C=O) groups is 2. The largest absolute Gasteiger partial charge is 0.477 e. The normalized spacial score (nSPS) is 10.3. The van der Waals surface area contributed by atoms with E-state index in [2.05, 4.69) is 9.97 Å². The Morgan fingerprint density at radius 1 is 1.29 bits per heavy atom. The van der Waals surface area contributed by atoms with Crippen molar-refractivity contribution in [2.75, 3.05) is 13.6 Å². The summed E-state index contributed by atoms with van der Waals surface area (Å²) >= 11 is 0. The van der Waals surface area contributed by atoms with E-state index in [1.807, 2.05) is 30.3 Å².